The Hall–Kier alpha value is -1.04. The van der Waals surface area contributed by atoms with E-state index in [2.05, 4.69) is 45.1 Å². The van der Waals surface area contributed by atoms with E-state index in [-0.39, 0.29) is 0 Å². The molecule has 3 nitrogen and oxygen atoms in total. The van der Waals surface area contributed by atoms with Crippen LogP contribution in [0, 0.1) is 0 Å². The molecule has 2 heterocycles. The molecule has 21 heavy (non-hydrogen) atoms. The second-order valence-electron chi connectivity index (χ2n) is 5.14. The molecule has 0 spiro atoms. The van der Waals surface area contributed by atoms with Gasteiger partial charge in [-0.25, -0.2) is 0 Å². The van der Waals surface area contributed by atoms with Crippen LogP contribution in [0.3, 0.4) is 0 Å². The molecule has 3 rings (SSSR count). The van der Waals surface area contributed by atoms with Gasteiger partial charge in [-0.1, -0.05) is 0 Å². The molecule has 0 amide bonds. The first-order chi connectivity index (χ1) is 10.2. The first kappa shape index (κ1) is 14.9. The number of benzene rings is 1. The van der Waals surface area contributed by atoms with E-state index in [9.17, 15) is 0 Å². The van der Waals surface area contributed by atoms with Crippen molar-refractivity contribution < 1.29 is 9.47 Å². The standard InChI is InChI=1S/C16H18BrNO2S/c1-19-14-7-11-5-6-18(9-12(11)8-15(14)20-2)10-13-3-4-16(17)21-13/h3-4,7-8H,5-6,9-10H2,1-2H3. The van der Waals surface area contributed by atoms with Gasteiger partial charge in [-0.05, 0) is 57.7 Å². The van der Waals surface area contributed by atoms with Gasteiger partial charge < -0.3 is 9.47 Å². The average molecular weight is 368 g/mol. The van der Waals surface area contributed by atoms with Gasteiger partial charge in [0, 0.05) is 24.5 Å². The number of hydrogen-bond donors (Lipinski definition) is 0. The van der Waals surface area contributed by atoms with E-state index in [1.807, 2.05) is 0 Å². The van der Waals surface area contributed by atoms with Gasteiger partial charge >= 0.3 is 0 Å². The van der Waals surface area contributed by atoms with Crippen molar-refractivity contribution in [2.75, 3.05) is 20.8 Å². The molecule has 1 aromatic heterocycles. The minimum absolute atomic E-state index is 0.817. The second-order valence-corrected chi connectivity index (χ2v) is 7.69. The van der Waals surface area contributed by atoms with E-state index in [1.165, 1.54) is 19.8 Å². The lowest BCUT2D eigenvalue weighted by Gasteiger charge is -2.29. The van der Waals surface area contributed by atoms with Gasteiger partial charge in [-0.15, -0.1) is 11.3 Å². The van der Waals surface area contributed by atoms with Crippen LogP contribution < -0.4 is 9.47 Å². The summed E-state index contributed by atoms with van der Waals surface area (Å²) >= 11 is 5.33. The van der Waals surface area contributed by atoms with Crippen LogP contribution in [-0.4, -0.2) is 25.7 Å². The van der Waals surface area contributed by atoms with Crippen molar-refractivity contribution in [2.24, 2.45) is 0 Å². The second kappa shape index (κ2) is 6.38. The summed E-state index contributed by atoms with van der Waals surface area (Å²) in [5.41, 5.74) is 2.71. The van der Waals surface area contributed by atoms with Crippen LogP contribution in [-0.2, 0) is 19.5 Å². The molecule has 0 fully saturated rings. The quantitative estimate of drug-likeness (QED) is 0.812. The Morgan fingerprint density at radius 1 is 1.14 bits per heavy atom. The minimum atomic E-state index is 0.817. The summed E-state index contributed by atoms with van der Waals surface area (Å²) in [6, 6.07) is 8.54. The molecule has 0 atom stereocenters. The molecular formula is C16H18BrNO2S. The first-order valence-electron chi connectivity index (χ1n) is 6.90. The molecule has 0 radical (unpaired) electrons. The van der Waals surface area contributed by atoms with E-state index in [1.54, 1.807) is 25.6 Å². The van der Waals surface area contributed by atoms with E-state index >= 15 is 0 Å². The maximum Gasteiger partial charge on any atom is 0.161 e. The summed E-state index contributed by atoms with van der Waals surface area (Å²) in [4.78, 5) is 3.87. The molecular weight excluding hydrogens is 350 g/mol. The number of ether oxygens (including phenoxy) is 2. The van der Waals surface area contributed by atoms with E-state index in [0.29, 0.717) is 0 Å². The van der Waals surface area contributed by atoms with Crippen molar-refractivity contribution in [3.63, 3.8) is 0 Å². The molecule has 1 aliphatic heterocycles. The molecule has 1 aromatic carbocycles. The highest BCUT2D eigenvalue weighted by Crippen LogP contribution is 2.34. The first-order valence-corrected chi connectivity index (χ1v) is 8.51. The summed E-state index contributed by atoms with van der Waals surface area (Å²) in [6.07, 6.45) is 1.06. The van der Waals surface area contributed by atoms with Crippen molar-refractivity contribution in [2.45, 2.75) is 19.5 Å². The molecule has 0 saturated heterocycles. The summed E-state index contributed by atoms with van der Waals surface area (Å²) in [5.74, 6) is 1.64. The Kier molecular flexibility index (Phi) is 4.52. The normalized spacial score (nSPS) is 14.8. The highest BCUT2D eigenvalue weighted by molar-refractivity contribution is 9.11. The largest absolute Gasteiger partial charge is 0.493 e. The monoisotopic (exact) mass is 367 g/mol. The molecule has 112 valence electrons. The van der Waals surface area contributed by atoms with Crippen molar-refractivity contribution in [1.82, 2.24) is 4.90 Å². The molecule has 0 unspecified atom stereocenters. The molecule has 0 N–H and O–H groups in total. The molecule has 5 heteroatoms. The Bertz CT molecular complexity index is 641. The number of halogens is 1. The van der Waals surface area contributed by atoms with E-state index in [4.69, 9.17) is 9.47 Å². The Morgan fingerprint density at radius 3 is 2.48 bits per heavy atom. The van der Waals surface area contributed by atoms with Crippen LogP contribution in [0.5, 0.6) is 11.5 Å². The summed E-state index contributed by atoms with van der Waals surface area (Å²) < 4.78 is 12.0. The van der Waals surface area contributed by atoms with Gasteiger partial charge in [0.05, 0.1) is 18.0 Å². The molecule has 1 aliphatic rings. The van der Waals surface area contributed by atoms with Gasteiger partial charge in [0.1, 0.15) is 0 Å². The van der Waals surface area contributed by atoms with Crippen LogP contribution in [0.2, 0.25) is 0 Å². The van der Waals surface area contributed by atoms with Crippen LogP contribution in [0.25, 0.3) is 0 Å². The third-order valence-electron chi connectivity index (χ3n) is 3.81. The zero-order chi connectivity index (χ0) is 14.8. The number of methoxy groups -OCH3 is 2. The van der Waals surface area contributed by atoms with Gasteiger partial charge in [0.25, 0.3) is 0 Å². The lowest BCUT2D eigenvalue weighted by Crippen LogP contribution is -2.29. The average Bonchev–Trinajstić information content (AvgIpc) is 2.90. The lowest BCUT2D eigenvalue weighted by atomic mass is 9.99. The van der Waals surface area contributed by atoms with Gasteiger partial charge in [-0.3, -0.25) is 4.90 Å². The predicted octanol–water partition coefficient (Wildman–Crippen LogP) is 4.09. The Labute approximate surface area is 137 Å². The molecule has 0 bridgehead atoms. The minimum Gasteiger partial charge on any atom is -0.493 e. The van der Waals surface area contributed by atoms with Crippen molar-refractivity contribution in [1.29, 1.82) is 0 Å². The SMILES string of the molecule is COc1cc2c(cc1OC)CN(Cc1ccc(Br)s1)CC2. The number of thiophene rings is 1. The van der Waals surface area contributed by atoms with Crippen LogP contribution in [0.15, 0.2) is 28.1 Å². The van der Waals surface area contributed by atoms with Crippen LogP contribution in [0.4, 0.5) is 0 Å². The maximum absolute atomic E-state index is 5.41. The summed E-state index contributed by atoms with van der Waals surface area (Å²) in [6.45, 7) is 3.05. The van der Waals surface area contributed by atoms with Gasteiger partial charge in [0.2, 0.25) is 0 Å². The summed E-state index contributed by atoms with van der Waals surface area (Å²) in [7, 11) is 3.38. The predicted molar refractivity (Wildman–Crippen MR) is 89.4 cm³/mol. The van der Waals surface area contributed by atoms with Gasteiger partial charge in [0.15, 0.2) is 11.5 Å². The summed E-state index contributed by atoms with van der Waals surface area (Å²) in [5, 5.41) is 0. The highest BCUT2D eigenvalue weighted by Gasteiger charge is 2.19. The number of hydrogen-bond acceptors (Lipinski definition) is 4. The fourth-order valence-electron chi connectivity index (χ4n) is 2.73. The number of nitrogens with zero attached hydrogens (tertiary/aromatic N) is 1. The van der Waals surface area contributed by atoms with Crippen molar-refractivity contribution in [3.8, 4) is 11.5 Å². The Morgan fingerprint density at radius 2 is 1.86 bits per heavy atom. The smallest absolute Gasteiger partial charge is 0.161 e. The fraction of sp³-hybridized carbons (Fsp3) is 0.375. The zero-order valence-corrected chi connectivity index (χ0v) is 14.6. The maximum atomic E-state index is 5.41. The Balaban J connectivity index is 1.78. The van der Waals surface area contributed by atoms with Crippen molar-refractivity contribution >= 4 is 27.3 Å². The van der Waals surface area contributed by atoms with Crippen LogP contribution >= 0.6 is 27.3 Å². The number of rotatable bonds is 4. The molecule has 2 aromatic rings. The van der Waals surface area contributed by atoms with E-state index in [0.717, 1.165) is 37.6 Å². The lowest BCUT2D eigenvalue weighted by molar-refractivity contribution is 0.246. The molecule has 0 aliphatic carbocycles. The topological polar surface area (TPSA) is 21.7 Å². The highest BCUT2D eigenvalue weighted by atomic mass is 79.9. The third-order valence-corrected chi connectivity index (χ3v) is 5.41. The zero-order valence-electron chi connectivity index (χ0n) is 12.2. The molecule has 0 saturated carbocycles. The van der Waals surface area contributed by atoms with Crippen LogP contribution in [0.1, 0.15) is 16.0 Å². The third kappa shape index (κ3) is 3.25. The fourth-order valence-corrected chi connectivity index (χ4v) is 4.26. The number of fused-ring (bicyclic) bond motifs is 1. The van der Waals surface area contributed by atoms with Gasteiger partial charge in [-0.2, -0.15) is 0 Å². The van der Waals surface area contributed by atoms with Crippen molar-refractivity contribution in [3.05, 3.63) is 44.1 Å². The van der Waals surface area contributed by atoms with E-state index < -0.39 is 0 Å².